The minimum Gasteiger partial charge on any atom is -0.435 e. The van der Waals surface area contributed by atoms with E-state index >= 15 is 0 Å². The number of carbonyl (C=O) groups is 1. The SMILES string of the molecule is Cc1cc(OC(F)F)ccc1NC(=O)c1cnn2c(C(F)(F)F)cc(-c3cccc4ccccc34)nc12. The molecule has 0 saturated heterocycles. The molecule has 0 spiro atoms. The molecule has 37 heavy (non-hydrogen) atoms. The highest BCUT2D eigenvalue weighted by Crippen LogP contribution is 2.35. The lowest BCUT2D eigenvalue weighted by Crippen LogP contribution is -2.16. The predicted molar refractivity (Wildman–Crippen MR) is 127 cm³/mol. The number of nitrogens with zero attached hydrogens (tertiary/aromatic N) is 3. The summed E-state index contributed by atoms with van der Waals surface area (Å²) in [5, 5.41) is 7.87. The molecule has 11 heteroatoms. The minimum absolute atomic E-state index is 0.0239. The summed E-state index contributed by atoms with van der Waals surface area (Å²) in [5.74, 6) is -0.867. The third kappa shape index (κ3) is 4.67. The Labute approximate surface area is 206 Å². The quantitative estimate of drug-likeness (QED) is 0.265. The average molecular weight is 512 g/mol. The first-order chi connectivity index (χ1) is 17.6. The largest absolute Gasteiger partial charge is 0.435 e. The van der Waals surface area contributed by atoms with Gasteiger partial charge in [-0.1, -0.05) is 42.5 Å². The topological polar surface area (TPSA) is 68.5 Å². The number of hydrogen-bond acceptors (Lipinski definition) is 4. The van der Waals surface area contributed by atoms with Crippen molar-refractivity contribution in [1.29, 1.82) is 0 Å². The summed E-state index contributed by atoms with van der Waals surface area (Å²) in [4.78, 5) is 17.5. The molecule has 5 aromatic rings. The van der Waals surface area contributed by atoms with E-state index in [0.717, 1.165) is 17.6 Å². The van der Waals surface area contributed by atoms with Crippen LogP contribution >= 0.6 is 0 Å². The van der Waals surface area contributed by atoms with Gasteiger partial charge in [0.2, 0.25) is 0 Å². The van der Waals surface area contributed by atoms with Gasteiger partial charge in [0.15, 0.2) is 11.3 Å². The molecular weight excluding hydrogens is 495 g/mol. The first-order valence-electron chi connectivity index (χ1n) is 10.9. The molecule has 0 aliphatic carbocycles. The molecule has 0 aliphatic heterocycles. The fraction of sp³-hybridized carbons (Fsp3) is 0.115. The zero-order valence-electron chi connectivity index (χ0n) is 19.1. The van der Waals surface area contributed by atoms with Gasteiger partial charge in [0.1, 0.15) is 11.3 Å². The van der Waals surface area contributed by atoms with Gasteiger partial charge in [-0.3, -0.25) is 4.79 Å². The number of fused-ring (bicyclic) bond motifs is 2. The van der Waals surface area contributed by atoms with E-state index in [0.29, 0.717) is 21.0 Å². The van der Waals surface area contributed by atoms with Gasteiger partial charge in [0, 0.05) is 11.3 Å². The highest BCUT2D eigenvalue weighted by Gasteiger charge is 2.36. The van der Waals surface area contributed by atoms with Gasteiger partial charge in [0.25, 0.3) is 5.91 Å². The van der Waals surface area contributed by atoms with Crippen LogP contribution in [0, 0.1) is 6.92 Å². The number of benzene rings is 3. The highest BCUT2D eigenvalue weighted by molar-refractivity contribution is 6.08. The average Bonchev–Trinajstić information content (AvgIpc) is 3.28. The van der Waals surface area contributed by atoms with E-state index in [4.69, 9.17) is 0 Å². The maximum atomic E-state index is 14.0. The van der Waals surface area contributed by atoms with E-state index in [1.54, 1.807) is 31.2 Å². The number of carbonyl (C=O) groups excluding carboxylic acids is 1. The molecule has 5 rings (SSSR count). The molecule has 2 aromatic heterocycles. The Morgan fingerprint density at radius 1 is 1.03 bits per heavy atom. The van der Waals surface area contributed by atoms with Crippen LogP contribution in [0.15, 0.2) is 72.9 Å². The van der Waals surface area contributed by atoms with Crippen molar-refractivity contribution in [3.05, 3.63) is 89.7 Å². The number of anilines is 1. The normalized spacial score (nSPS) is 11.9. The summed E-state index contributed by atoms with van der Waals surface area (Å²) < 4.78 is 71.9. The molecule has 0 unspecified atom stereocenters. The highest BCUT2D eigenvalue weighted by atomic mass is 19.4. The molecule has 2 heterocycles. The van der Waals surface area contributed by atoms with Gasteiger partial charge >= 0.3 is 12.8 Å². The van der Waals surface area contributed by atoms with Crippen molar-refractivity contribution in [3.8, 4) is 17.0 Å². The van der Waals surface area contributed by atoms with Crippen molar-refractivity contribution in [2.75, 3.05) is 5.32 Å². The Morgan fingerprint density at radius 3 is 2.51 bits per heavy atom. The van der Waals surface area contributed by atoms with Gasteiger partial charge in [-0.2, -0.15) is 27.1 Å². The van der Waals surface area contributed by atoms with Crippen molar-refractivity contribution in [2.24, 2.45) is 0 Å². The van der Waals surface area contributed by atoms with Gasteiger partial charge in [0.05, 0.1) is 11.9 Å². The Balaban J connectivity index is 1.60. The van der Waals surface area contributed by atoms with Crippen LogP contribution in [0.1, 0.15) is 21.6 Å². The van der Waals surface area contributed by atoms with E-state index in [1.807, 2.05) is 18.2 Å². The van der Waals surface area contributed by atoms with E-state index in [2.05, 4.69) is 20.1 Å². The fourth-order valence-electron chi connectivity index (χ4n) is 4.05. The molecule has 1 N–H and O–H groups in total. The first-order valence-corrected chi connectivity index (χ1v) is 10.9. The van der Waals surface area contributed by atoms with Crippen molar-refractivity contribution in [3.63, 3.8) is 0 Å². The van der Waals surface area contributed by atoms with Crippen molar-refractivity contribution in [2.45, 2.75) is 19.7 Å². The van der Waals surface area contributed by atoms with Crippen LogP contribution in [0.2, 0.25) is 0 Å². The lowest BCUT2D eigenvalue weighted by molar-refractivity contribution is -0.142. The standard InChI is InChI=1S/C26H17F5N4O2/c1-14-11-16(37-25(27)28)9-10-20(14)34-24(36)19-13-32-35-22(26(29,30)31)12-21(33-23(19)35)18-8-4-6-15-5-2-3-7-17(15)18/h2-13,25H,1H3,(H,34,36). The minimum atomic E-state index is -4.78. The number of rotatable bonds is 5. The summed E-state index contributed by atoms with van der Waals surface area (Å²) in [5.41, 5.74) is -0.426. The molecule has 188 valence electrons. The van der Waals surface area contributed by atoms with Gasteiger partial charge in [-0.25, -0.2) is 9.50 Å². The number of alkyl halides is 5. The number of aryl methyl sites for hydroxylation is 1. The third-order valence-electron chi connectivity index (χ3n) is 5.74. The predicted octanol–water partition coefficient (Wildman–Crippen LogP) is 6.73. The zero-order valence-corrected chi connectivity index (χ0v) is 19.1. The lowest BCUT2D eigenvalue weighted by Gasteiger charge is -2.13. The lowest BCUT2D eigenvalue weighted by atomic mass is 10.0. The molecule has 0 bridgehead atoms. The summed E-state index contributed by atoms with van der Waals surface area (Å²) in [6.07, 6.45) is -3.78. The molecule has 1 amide bonds. The summed E-state index contributed by atoms with van der Waals surface area (Å²) in [7, 11) is 0. The molecule has 0 aliphatic rings. The fourth-order valence-corrected chi connectivity index (χ4v) is 4.05. The van der Waals surface area contributed by atoms with Crippen LogP contribution in [0.3, 0.4) is 0 Å². The van der Waals surface area contributed by atoms with Crippen molar-refractivity contribution < 1.29 is 31.5 Å². The van der Waals surface area contributed by atoms with Crippen LogP contribution in [0.25, 0.3) is 27.7 Å². The molecule has 6 nitrogen and oxygen atoms in total. The number of ether oxygens (including phenoxy) is 1. The first kappa shape index (κ1) is 24.2. The molecule has 0 saturated carbocycles. The van der Waals surface area contributed by atoms with Crippen LogP contribution in [-0.2, 0) is 6.18 Å². The van der Waals surface area contributed by atoms with Gasteiger partial charge < -0.3 is 10.1 Å². The second kappa shape index (κ2) is 9.16. The monoisotopic (exact) mass is 512 g/mol. The summed E-state index contributed by atoms with van der Waals surface area (Å²) >= 11 is 0. The van der Waals surface area contributed by atoms with E-state index < -0.39 is 24.4 Å². The van der Waals surface area contributed by atoms with E-state index in [-0.39, 0.29) is 28.3 Å². The Morgan fingerprint density at radius 2 is 1.78 bits per heavy atom. The Bertz CT molecular complexity index is 1640. The van der Waals surface area contributed by atoms with Crippen LogP contribution in [-0.4, -0.2) is 27.1 Å². The Hall–Kier alpha value is -4.54. The maximum Gasteiger partial charge on any atom is 0.433 e. The summed E-state index contributed by atoms with van der Waals surface area (Å²) in [6, 6.07) is 17.2. The van der Waals surface area contributed by atoms with Crippen molar-refractivity contribution in [1.82, 2.24) is 14.6 Å². The Kier molecular flexibility index (Phi) is 5.98. The number of aromatic nitrogens is 3. The smallest absolute Gasteiger partial charge is 0.433 e. The number of halogens is 5. The number of hydrogen-bond donors (Lipinski definition) is 1. The maximum absolute atomic E-state index is 14.0. The summed E-state index contributed by atoms with van der Waals surface area (Å²) in [6.45, 7) is -1.45. The van der Waals surface area contributed by atoms with E-state index in [1.165, 1.54) is 18.2 Å². The molecule has 3 aromatic carbocycles. The molecule has 0 atom stereocenters. The van der Waals surface area contributed by atoms with Crippen LogP contribution < -0.4 is 10.1 Å². The number of nitrogens with one attached hydrogen (secondary N) is 1. The van der Waals surface area contributed by atoms with Crippen molar-refractivity contribution >= 4 is 28.0 Å². The molecule has 0 fully saturated rings. The third-order valence-corrected chi connectivity index (χ3v) is 5.74. The van der Waals surface area contributed by atoms with Gasteiger partial charge in [-0.15, -0.1) is 0 Å². The zero-order chi connectivity index (χ0) is 26.3. The molecule has 0 radical (unpaired) electrons. The number of amides is 1. The molecular formula is C26H17F5N4O2. The van der Waals surface area contributed by atoms with Crippen LogP contribution in [0.4, 0.5) is 27.6 Å². The van der Waals surface area contributed by atoms with E-state index in [9.17, 15) is 26.7 Å². The second-order valence-electron chi connectivity index (χ2n) is 8.15. The van der Waals surface area contributed by atoms with Gasteiger partial charge in [-0.05, 0) is 47.5 Å². The van der Waals surface area contributed by atoms with Crippen LogP contribution in [0.5, 0.6) is 5.75 Å². The second-order valence-corrected chi connectivity index (χ2v) is 8.15.